The van der Waals surface area contributed by atoms with Gasteiger partial charge in [0, 0.05) is 3.57 Å². The van der Waals surface area contributed by atoms with Crippen LogP contribution in [0.3, 0.4) is 0 Å². The number of para-hydroxylation sites is 1. The molecule has 0 aliphatic heterocycles. The highest BCUT2D eigenvalue weighted by Crippen LogP contribution is 2.34. The standard InChI is InChI=1S/C13H10F3IN2O/c1-20-9-4-2-3-8(12(9)18)19-13-7(17)5-6(14)10(15)11(13)16/h2-5,19H,18H2,1H3. The van der Waals surface area contributed by atoms with E-state index in [2.05, 4.69) is 5.32 Å². The molecule has 106 valence electrons. The molecule has 0 radical (unpaired) electrons. The summed E-state index contributed by atoms with van der Waals surface area (Å²) in [6, 6.07) is 5.75. The number of methoxy groups -OCH3 is 1. The number of anilines is 3. The van der Waals surface area contributed by atoms with Crippen LogP contribution in [0, 0.1) is 21.0 Å². The Balaban J connectivity index is 2.48. The van der Waals surface area contributed by atoms with E-state index < -0.39 is 17.5 Å². The van der Waals surface area contributed by atoms with Crippen molar-refractivity contribution < 1.29 is 17.9 Å². The summed E-state index contributed by atoms with van der Waals surface area (Å²) in [5, 5.41) is 2.66. The van der Waals surface area contributed by atoms with E-state index in [-0.39, 0.29) is 14.9 Å². The number of hydrogen-bond acceptors (Lipinski definition) is 3. The Morgan fingerprint density at radius 2 is 1.90 bits per heavy atom. The molecule has 0 saturated heterocycles. The monoisotopic (exact) mass is 394 g/mol. The van der Waals surface area contributed by atoms with Gasteiger partial charge in [-0.15, -0.1) is 0 Å². The summed E-state index contributed by atoms with van der Waals surface area (Å²) in [7, 11) is 1.44. The molecular formula is C13H10F3IN2O. The van der Waals surface area contributed by atoms with Gasteiger partial charge in [-0.2, -0.15) is 0 Å². The van der Waals surface area contributed by atoms with E-state index in [9.17, 15) is 13.2 Å². The number of halogens is 4. The van der Waals surface area contributed by atoms with Crippen molar-refractivity contribution in [1.82, 2.24) is 0 Å². The van der Waals surface area contributed by atoms with Crippen molar-refractivity contribution in [3.8, 4) is 5.75 Å². The number of rotatable bonds is 3. The van der Waals surface area contributed by atoms with Crippen molar-refractivity contribution in [3.05, 3.63) is 45.3 Å². The third-order valence-corrected chi connectivity index (χ3v) is 3.51. The molecule has 0 aliphatic carbocycles. The second kappa shape index (κ2) is 5.78. The number of hydrogen-bond donors (Lipinski definition) is 2. The van der Waals surface area contributed by atoms with Gasteiger partial charge in [-0.1, -0.05) is 6.07 Å². The van der Waals surface area contributed by atoms with Crippen LogP contribution in [-0.2, 0) is 0 Å². The Kier molecular flexibility index (Phi) is 4.26. The fourth-order valence-electron chi connectivity index (χ4n) is 1.65. The zero-order chi connectivity index (χ0) is 14.9. The van der Waals surface area contributed by atoms with Gasteiger partial charge in [-0.3, -0.25) is 0 Å². The van der Waals surface area contributed by atoms with Crippen LogP contribution in [0.15, 0.2) is 24.3 Å². The van der Waals surface area contributed by atoms with Crippen molar-refractivity contribution in [2.75, 3.05) is 18.2 Å². The molecule has 0 fully saturated rings. The van der Waals surface area contributed by atoms with Gasteiger partial charge in [-0.25, -0.2) is 13.2 Å². The average Bonchev–Trinajstić information content (AvgIpc) is 2.43. The minimum absolute atomic E-state index is 0.176. The Labute approximate surface area is 127 Å². The Morgan fingerprint density at radius 1 is 1.20 bits per heavy atom. The van der Waals surface area contributed by atoms with Crippen LogP contribution in [0.25, 0.3) is 0 Å². The van der Waals surface area contributed by atoms with Crippen LogP contribution in [0.1, 0.15) is 0 Å². The molecule has 0 heterocycles. The van der Waals surface area contributed by atoms with Gasteiger partial charge in [0.05, 0.1) is 24.2 Å². The van der Waals surface area contributed by atoms with Gasteiger partial charge in [-0.05, 0) is 40.8 Å². The predicted octanol–water partition coefficient (Wildman–Crippen LogP) is 4.04. The second-order valence-corrected chi connectivity index (χ2v) is 5.05. The molecule has 0 spiro atoms. The van der Waals surface area contributed by atoms with E-state index >= 15 is 0 Å². The zero-order valence-electron chi connectivity index (χ0n) is 10.3. The van der Waals surface area contributed by atoms with Gasteiger partial charge in [0.25, 0.3) is 0 Å². The van der Waals surface area contributed by atoms with E-state index in [1.807, 2.05) is 0 Å². The lowest BCUT2D eigenvalue weighted by Gasteiger charge is -2.14. The fourth-order valence-corrected chi connectivity index (χ4v) is 2.29. The number of nitrogens with one attached hydrogen (secondary N) is 1. The lowest BCUT2D eigenvalue weighted by atomic mass is 10.2. The van der Waals surface area contributed by atoms with Crippen molar-refractivity contribution in [2.24, 2.45) is 0 Å². The highest BCUT2D eigenvalue weighted by molar-refractivity contribution is 14.1. The van der Waals surface area contributed by atoms with Crippen LogP contribution < -0.4 is 15.8 Å². The Hall–Kier alpha value is -1.64. The molecule has 3 nitrogen and oxygen atoms in total. The minimum atomic E-state index is -1.53. The maximum Gasteiger partial charge on any atom is 0.196 e. The quantitative estimate of drug-likeness (QED) is 0.358. The highest BCUT2D eigenvalue weighted by atomic mass is 127. The van der Waals surface area contributed by atoms with Crippen molar-refractivity contribution in [1.29, 1.82) is 0 Å². The molecule has 2 rings (SSSR count). The van der Waals surface area contributed by atoms with Crippen LogP contribution in [0.2, 0.25) is 0 Å². The maximum absolute atomic E-state index is 13.8. The van der Waals surface area contributed by atoms with E-state index in [1.54, 1.807) is 40.8 Å². The number of benzene rings is 2. The maximum atomic E-state index is 13.8. The summed E-state index contributed by atoms with van der Waals surface area (Å²) in [5.41, 5.74) is 6.24. The lowest BCUT2D eigenvalue weighted by molar-refractivity contribution is 0.417. The molecule has 2 aromatic carbocycles. The SMILES string of the molecule is COc1cccc(Nc2c(I)cc(F)c(F)c2F)c1N. The smallest absolute Gasteiger partial charge is 0.196 e. The first kappa shape index (κ1) is 14.8. The third kappa shape index (κ3) is 2.62. The van der Waals surface area contributed by atoms with Crippen LogP contribution in [0.4, 0.5) is 30.2 Å². The largest absolute Gasteiger partial charge is 0.495 e. The van der Waals surface area contributed by atoms with E-state index in [0.29, 0.717) is 11.4 Å². The molecule has 0 unspecified atom stereocenters. The number of ether oxygens (including phenoxy) is 1. The van der Waals surface area contributed by atoms with Crippen molar-refractivity contribution >= 4 is 39.7 Å². The summed E-state index contributed by atoms with van der Waals surface area (Å²) < 4.78 is 45.3. The van der Waals surface area contributed by atoms with Gasteiger partial charge >= 0.3 is 0 Å². The van der Waals surface area contributed by atoms with E-state index in [1.165, 1.54) is 7.11 Å². The molecule has 7 heteroatoms. The van der Waals surface area contributed by atoms with Crippen LogP contribution >= 0.6 is 22.6 Å². The molecule has 20 heavy (non-hydrogen) atoms. The normalized spacial score (nSPS) is 10.4. The second-order valence-electron chi connectivity index (χ2n) is 3.89. The molecule has 3 N–H and O–H groups in total. The molecule has 0 aliphatic rings. The van der Waals surface area contributed by atoms with Crippen molar-refractivity contribution in [3.63, 3.8) is 0 Å². The summed E-state index contributed by atoms with van der Waals surface area (Å²) >= 11 is 1.70. The topological polar surface area (TPSA) is 47.3 Å². The Bertz CT molecular complexity index is 665. The molecular weight excluding hydrogens is 384 g/mol. The molecule has 0 amide bonds. The number of nitrogen functional groups attached to an aromatic ring is 1. The summed E-state index contributed by atoms with van der Waals surface area (Å²) in [6.45, 7) is 0. The molecule has 2 aromatic rings. The highest BCUT2D eigenvalue weighted by Gasteiger charge is 2.18. The molecule has 0 atom stereocenters. The first-order valence-corrected chi connectivity index (χ1v) is 6.56. The van der Waals surface area contributed by atoms with Gasteiger partial charge in [0.15, 0.2) is 17.5 Å². The average molecular weight is 394 g/mol. The first-order chi connectivity index (χ1) is 9.45. The molecule has 0 saturated carbocycles. The fraction of sp³-hybridized carbons (Fsp3) is 0.0769. The van der Waals surface area contributed by atoms with Gasteiger partial charge in [0.1, 0.15) is 5.75 Å². The first-order valence-electron chi connectivity index (χ1n) is 5.48. The Morgan fingerprint density at radius 3 is 2.55 bits per heavy atom. The molecule has 0 aromatic heterocycles. The van der Waals surface area contributed by atoms with E-state index in [0.717, 1.165) is 6.07 Å². The summed E-state index contributed by atoms with van der Waals surface area (Å²) in [5.74, 6) is -3.67. The van der Waals surface area contributed by atoms with Gasteiger partial charge < -0.3 is 15.8 Å². The summed E-state index contributed by atoms with van der Waals surface area (Å²) in [4.78, 5) is 0. The van der Waals surface area contributed by atoms with Crippen LogP contribution in [-0.4, -0.2) is 7.11 Å². The third-order valence-electron chi connectivity index (χ3n) is 2.66. The van der Waals surface area contributed by atoms with E-state index in [4.69, 9.17) is 10.5 Å². The van der Waals surface area contributed by atoms with Crippen LogP contribution in [0.5, 0.6) is 5.75 Å². The predicted molar refractivity (Wildman–Crippen MR) is 79.7 cm³/mol. The molecule has 0 bridgehead atoms. The lowest BCUT2D eigenvalue weighted by Crippen LogP contribution is -2.04. The minimum Gasteiger partial charge on any atom is -0.495 e. The number of nitrogens with two attached hydrogens (primary N) is 1. The van der Waals surface area contributed by atoms with Crippen molar-refractivity contribution in [2.45, 2.75) is 0 Å². The summed E-state index contributed by atoms with van der Waals surface area (Å²) in [6.07, 6.45) is 0. The zero-order valence-corrected chi connectivity index (χ0v) is 12.5. The van der Waals surface area contributed by atoms with Gasteiger partial charge in [0.2, 0.25) is 0 Å².